The summed E-state index contributed by atoms with van der Waals surface area (Å²) in [5.74, 6) is 1.16. The van der Waals surface area contributed by atoms with Crippen LogP contribution < -0.4 is 15.2 Å². The van der Waals surface area contributed by atoms with E-state index in [4.69, 9.17) is 15.2 Å². The van der Waals surface area contributed by atoms with Gasteiger partial charge in [-0.05, 0) is 30.5 Å². The van der Waals surface area contributed by atoms with Crippen LogP contribution in [0.4, 0.5) is 0 Å². The molecule has 5 heteroatoms. The monoisotopic (exact) mass is 290 g/mol. The summed E-state index contributed by atoms with van der Waals surface area (Å²) in [6, 6.07) is 5.74. The van der Waals surface area contributed by atoms with Crippen LogP contribution in [-0.4, -0.2) is 43.7 Å². The molecule has 0 bridgehead atoms. The van der Waals surface area contributed by atoms with Gasteiger partial charge in [0, 0.05) is 19.1 Å². The van der Waals surface area contributed by atoms with Gasteiger partial charge < -0.3 is 20.1 Å². The molecule has 114 valence electrons. The molecule has 0 aromatic heterocycles. The predicted molar refractivity (Wildman–Crippen MR) is 81.6 cm³/mol. The van der Waals surface area contributed by atoms with E-state index in [0.717, 1.165) is 18.4 Å². The van der Waals surface area contributed by atoms with E-state index in [0.29, 0.717) is 24.6 Å². The lowest BCUT2D eigenvalue weighted by molar-refractivity contribution is -0.132. The maximum Gasteiger partial charge on any atom is 0.260 e. The molecule has 1 aromatic carbocycles. The number of carbonyl (C=O) groups excluding carboxylic acids is 1. The second-order valence-electron chi connectivity index (χ2n) is 5.16. The molecule has 1 aromatic rings. The van der Waals surface area contributed by atoms with Crippen molar-refractivity contribution in [2.75, 3.05) is 26.8 Å². The van der Waals surface area contributed by atoms with Crippen molar-refractivity contribution in [1.29, 1.82) is 0 Å². The van der Waals surface area contributed by atoms with Gasteiger partial charge in [-0.2, -0.15) is 0 Å². The zero-order valence-corrected chi connectivity index (χ0v) is 12.4. The van der Waals surface area contributed by atoms with Crippen molar-refractivity contribution in [3.05, 3.63) is 36.4 Å². The van der Waals surface area contributed by atoms with Crippen molar-refractivity contribution in [1.82, 2.24) is 4.90 Å². The Balaban J connectivity index is 1.96. The number of likely N-dealkylation sites (tertiary alicyclic amines) is 1. The fourth-order valence-electron chi connectivity index (χ4n) is 2.37. The SMILES string of the molecule is C=CCc1ccc(OCC(=O)N2CC[C@@H](N)C2)c(OC)c1. The second-order valence-corrected chi connectivity index (χ2v) is 5.16. The lowest BCUT2D eigenvalue weighted by Crippen LogP contribution is -2.35. The number of nitrogens with two attached hydrogens (primary N) is 1. The standard InChI is InChI=1S/C16H22N2O3/c1-3-4-12-5-6-14(15(9-12)20-2)21-11-16(19)18-8-7-13(17)10-18/h3,5-6,9,13H,1,4,7-8,10-11,17H2,2H3/t13-/m1/s1. The molecule has 21 heavy (non-hydrogen) atoms. The molecule has 1 saturated heterocycles. The maximum atomic E-state index is 12.0. The maximum absolute atomic E-state index is 12.0. The van der Waals surface area contributed by atoms with E-state index in [1.165, 1.54) is 0 Å². The smallest absolute Gasteiger partial charge is 0.260 e. The molecular weight excluding hydrogens is 268 g/mol. The average molecular weight is 290 g/mol. The minimum absolute atomic E-state index is 0.00385. The molecule has 0 spiro atoms. The lowest BCUT2D eigenvalue weighted by Gasteiger charge is -2.17. The van der Waals surface area contributed by atoms with E-state index in [2.05, 4.69) is 6.58 Å². The van der Waals surface area contributed by atoms with Gasteiger partial charge >= 0.3 is 0 Å². The number of carbonyl (C=O) groups is 1. The molecule has 0 unspecified atom stereocenters. The number of rotatable bonds is 6. The van der Waals surface area contributed by atoms with Gasteiger partial charge in [-0.3, -0.25) is 4.79 Å². The summed E-state index contributed by atoms with van der Waals surface area (Å²) in [6.45, 7) is 5.03. The van der Waals surface area contributed by atoms with Crippen molar-refractivity contribution in [2.24, 2.45) is 5.73 Å². The third kappa shape index (κ3) is 3.98. The Kier molecular flexibility index (Phi) is 5.22. The quantitative estimate of drug-likeness (QED) is 0.804. The summed E-state index contributed by atoms with van der Waals surface area (Å²) in [5.41, 5.74) is 6.89. The van der Waals surface area contributed by atoms with Gasteiger partial charge in [0.2, 0.25) is 0 Å². The number of methoxy groups -OCH3 is 1. The highest BCUT2D eigenvalue weighted by atomic mass is 16.5. The average Bonchev–Trinajstić information content (AvgIpc) is 2.92. The van der Waals surface area contributed by atoms with Crippen LogP contribution in [0.3, 0.4) is 0 Å². The molecule has 5 nitrogen and oxygen atoms in total. The Morgan fingerprint density at radius 1 is 1.52 bits per heavy atom. The van der Waals surface area contributed by atoms with E-state index in [-0.39, 0.29) is 18.6 Å². The van der Waals surface area contributed by atoms with Crippen LogP contribution in [0.15, 0.2) is 30.9 Å². The fraction of sp³-hybridized carbons (Fsp3) is 0.438. The summed E-state index contributed by atoms with van der Waals surface area (Å²) < 4.78 is 10.9. The van der Waals surface area contributed by atoms with E-state index in [1.54, 1.807) is 12.0 Å². The van der Waals surface area contributed by atoms with Crippen molar-refractivity contribution in [3.8, 4) is 11.5 Å². The largest absolute Gasteiger partial charge is 0.493 e. The first-order valence-electron chi connectivity index (χ1n) is 7.08. The number of hydrogen-bond donors (Lipinski definition) is 1. The van der Waals surface area contributed by atoms with Gasteiger partial charge in [0.05, 0.1) is 7.11 Å². The Bertz CT molecular complexity index is 516. The Labute approximate surface area is 125 Å². The van der Waals surface area contributed by atoms with Gasteiger partial charge in [-0.15, -0.1) is 6.58 Å². The van der Waals surface area contributed by atoms with Crippen LogP contribution in [0.2, 0.25) is 0 Å². The molecular formula is C16H22N2O3. The molecule has 0 aliphatic carbocycles. The third-order valence-corrected chi connectivity index (χ3v) is 3.54. The molecule has 2 rings (SSSR count). The van der Waals surface area contributed by atoms with Gasteiger partial charge in [-0.1, -0.05) is 12.1 Å². The second kappa shape index (κ2) is 7.13. The number of hydrogen-bond acceptors (Lipinski definition) is 4. The van der Waals surface area contributed by atoms with Crippen LogP contribution in [0.1, 0.15) is 12.0 Å². The van der Waals surface area contributed by atoms with Gasteiger partial charge in [-0.25, -0.2) is 0 Å². The van der Waals surface area contributed by atoms with Crippen molar-refractivity contribution in [2.45, 2.75) is 18.9 Å². The van der Waals surface area contributed by atoms with Crippen molar-refractivity contribution < 1.29 is 14.3 Å². The van der Waals surface area contributed by atoms with Gasteiger partial charge in [0.1, 0.15) is 0 Å². The van der Waals surface area contributed by atoms with Crippen LogP contribution in [0, 0.1) is 0 Å². The van der Waals surface area contributed by atoms with E-state index in [1.807, 2.05) is 24.3 Å². The lowest BCUT2D eigenvalue weighted by atomic mass is 10.1. The number of amides is 1. The van der Waals surface area contributed by atoms with Gasteiger partial charge in [0.15, 0.2) is 18.1 Å². The highest BCUT2D eigenvalue weighted by Crippen LogP contribution is 2.28. The summed E-state index contributed by atoms with van der Waals surface area (Å²) in [4.78, 5) is 13.8. The summed E-state index contributed by atoms with van der Waals surface area (Å²) in [7, 11) is 1.58. The molecule has 1 atom stereocenters. The number of benzene rings is 1. The summed E-state index contributed by atoms with van der Waals surface area (Å²) in [6.07, 6.45) is 3.45. The molecule has 1 aliphatic rings. The molecule has 1 aliphatic heterocycles. The molecule has 1 heterocycles. The minimum atomic E-state index is -0.0415. The number of allylic oxidation sites excluding steroid dienone is 1. The normalized spacial score (nSPS) is 17.6. The first-order valence-corrected chi connectivity index (χ1v) is 7.08. The molecule has 0 saturated carbocycles. The zero-order chi connectivity index (χ0) is 15.2. The van der Waals surface area contributed by atoms with Crippen molar-refractivity contribution in [3.63, 3.8) is 0 Å². The van der Waals surface area contributed by atoms with Crippen LogP contribution in [0.25, 0.3) is 0 Å². The summed E-state index contributed by atoms with van der Waals surface area (Å²) >= 11 is 0. The van der Waals surface area contributed by atoms with Crippen LogP contribution in [0.5, 0.6) is 11.5 Å². The minimum Gasteiger partial charge on any atom is -0.493 e. The van der Waals surface area contributed by atoms with E-state index in [9.17, 15) is 4.79 Å². The number of ether oxygens (including phenoxy) is 2. The first-order chi connectivity index (χ1) is 10.1. The Morgan fingerprint density at radius 3 is 2.95 bits per heavy atom. The molecule has 0 radical (unpaired) electrons. The third-order valence-electron chi connectivity index (χ3n) is 3.54. The summed E-state index contributed by atoms with van der Waals surface area (Å²) in [5, 5.41) is 0. The van der Waals surface area contributed by atoms with Crippen molar-refractivity contribution >= 4 is 5.91 Å². The van der Waals surface area contributed by atoms with Crippen LogP contribution in [-0.2, 0) is 11.2 Å². The first kappa shape index (κ1) is 15.4. The molecule has 1 amide bonds. The van der Waals surface area contributed by atoms with Gasteiger partial charge in [0.25, 0.3) is 5.91 Å². The van der Waals surface area contributed by atoms with E-state index < -0.39 is 0 Å². The zero-order valence-electron chi connectivity index (χ0n) is 12.4. The number of nitrogens with zero attached hydrogens (tertiary/aromatic N) is 1. The predicted octanol–water partition coefficient (Wildman–Crippen LogP) is 1.36. The molecule has 2 N–H and O–H groups in total. The Morgan fingerprint density at radius 2 is 2.33 bits per heavy atom. The molecule has 1 fully saturated rings. The van der Waals surface area contributed by atoms with Crippen LogP contribution >= 0.6 is 0 Å². The highest BCUT2D eigenvalue weighted by Gasteiger charge is 2.23. The topological polar surface area (TPSA) is 64.8 Å². The fourth-order valence-corrected chi connectivity index (χ4v) is 2.37. The van der Waals surface area contributed by atoms with E-state index >= 15 is 0 Å². The highest BCUT2D eigenvalue weighted by molar-refractivity contribution is 5.78. The Hall–Kier alpha value is -2.01.